The molecule has 0 spiro atoms. The van der Waals surface area contributed by atoms with Crippen LogP contribution in [0.15, 0.2) is 24.3 Å². The Morgan fingerprint density at radius 3 is 3.00 bits per heavy atom. The van der Waals surface area contributed by atoms with Crippen molar-refractivity contribution in [1.29, 1.82) is 5.26 Å². The minimum Gasteiger partial charge on any atom is -0.342 e. The Balaban J connectivity index is 1.89. The first-order valence-electron chi connectivity index (χ1n) is 7.63. The second kappa shape index (κ2) is 6.28. The molecule has 4 heteroatoms. The Kier molecular flexibility index (Phi) is 4.21. The molecule has 1 aliphatic heterocycles. The summed E-state index contributed by atoms with van der Waals surface area (Å²) in [5, 5.41) is 13.6. The fourth-order valence-electron chi connectivity index (χ4n) is 3.26. The maximum absolute atomic E-state index is 12.9. The maximum Gasteiger partial charge on any atom is 0.107 e. The molecule has 1 saturated heterocycles. The van der Waals surface area contributed by atoms with Crippen molar-refractivity contribution in [2.75, 3.05) is 13.2 Å². The van der Waals surface area contributed by atoms with E-state index in [1.807, 2.05) is 22.8 Å². The van der Waals surface area contributed by atoms with E-state index in [1.165, 1.54) is 18.5 Å². The molecule has 0 bridgehead atoms. The summed E-state index contributed by atoms with van der Waals surface area (Å²) >= 11 is 0. The van der Waals surface area contributed by atoms with Crippen LogP contribution in [0.5, 0.6) is 0 Å². The maximum atomic E-state index is 12.9. The van der Waals surface area contributed by atoms with Crippen molar-refractivity contribution in [3.8, 4) is 6.07 Å². The standard InChI is InChI=1S/C17H20FN3/c18-7-9-21-16(6-5-15-2-1-8-20-15)11-14-4-3-13(12-19)10-17(14)21/h3-4,10-11,15,20H,1-2,5-9H2/t15-/m0/s1. The minimum absolute atomic E-state index is 0.367. The SMILES string of the molecule is N#Cc1ccc2cc(CC[C@@H]3CCCN3)n(CCF)c2c1. The first-order chi connectivity index (χ1) is 10.3. The molecule has 0 aliphatic carbocycles. The van der Waals surface area contributed by atoms with Crippen molar-refractivity contribution in [2.45, 2.75) is 38.3 Å². The van der Waals surface area contributed by atoms with Crippen LogP contribution in [0.1, 0.15) is 30.5 Å². The monoisotopic (exact) mass is 285 g/mol. The van der Waals surface area contributed by atoms with E-state index in [9.17, 15) is 4.39 Å². The fourth-order valence-corrected chi connectivity index (χ4v) is 3.26. The van der Waals surface area contributed by atoms with E-state index in [2.05, 4.69) is 17.5 Å². The van der Waals surface area contributed by atoms with Gasteiger partial charge in [0, 0.05) is 17.3 Å². The average Bonchev–Trinajstić information content (AvgIpc) is 3.13. The number of halogens is 1. The molecule has 1 fully saturated rings. The lowest BCUT2D eigenvalue weighted by atomic mass is 10.1. The first kappa shape index (κ1) is 14.1. The van der Waals surface area contributed by atoms with E-state index in [1.54, 1.807) is 0 Å². The second-order valence-corrected chi connectivity index (χ2v) is 5.69. The van der Waals surface area contributed by atoms with E-state index in [4.69, 9.17) is 5.26 Å². The quantitative estimate of drug-likeness (QED) is 0.916. The van der Waals surface area contributed by atoms with Crippen molar-refractivity contribution in [1.82, 2.24) is 9.88 Å². The molecule has 0 radical (unpaired) electrons. The Morgan fingerprint density at radius 2 is 2.29 bits per heavy atom. The highest BCUT2D eigenvalue weighted by Crippen LogP contribution is 2.23. The molecule has 1 aromatic heterocycles. The van der Waals surface area contributed by atoms with Crippen LogP contribution < -0.4 is 5.32 Å². The van der Waals surface area contributed by atoms with Crippen molar-refractivity contribution >= 4 is 10.9 Å². The summed E-state index contributed by atoms with van der Waals surface area (Å²) in [5.41, 5.74) is 2.78. The molecule has 0 unspecified atom stereocenters. The van der Waals surface area contributed by atoms with Crippen LogP contribution in [-0.4, -0.2) is 23.8 Å². The third-order valence-electron chi connectivity index (χ3n) is 4.34. The normalized spacial score (nSPS) is 18.2. The highest BCUT2D eigenvalue weighted by atomic mass is 19.1. The van der Waals surface area contributed by atoms with Gasteiger partial charge in [0.25, 0.3) is 0 Å². The lowest BCUT2D eigenvalue weighted by molar-refractivity contribution is 0.442. The highest BCUT2D eigenvalue weighted by molar-refractivity contribution is 5.82. The van der Waals surface area contributed by atoms with Crippen LogP contribution in [0.2, 0.25) is 0 Å². The number of alkyl halides is 1. The van der Waals surface area contributed by atoms with Crippen LogP contribution in [-0.2, 0) is 13.0 Å². The summed E-state index contributed by atoms with van der Waals surface area (Å²) < 4.78 is 14.9. The van der Waals surface area contributed by atoms with Gasteiger partial charge in [-0.25, -0.2) is 4.39 Å². The first-order valence-corrected chi connectivity index (χ1v) is 7.63. The average molecular weight is 285 g/mol. The van der Waals surface area contributed by atoms with Gasteiger partial charge in [-0.15, -0.1) is 0 Å². The van der Waals surface area contributed by atoms with E-state index < -0.39 is 0 Å². The molecular formula is C17H20FN3. The number of benzene rings is 1. The summed E-state index contributed by atoms with van der Waals surface area (Å²) in [6.07, 6.45) is 4.54. The molecule has 1 aliphatic rings. The topological polar surface area (TPSA) is 40.8 Å². The fraction of sp³-hybridized carbons (Fsp3) is 0.471. The molecule has 1 aromatic carbocycles. The van der Waals surface area contributed by atoms with Crippen molar-refractivity contribution in [3.63, 3.8) is 0 Å². The van der Waals surface area contributed by atoms with Gasteiger partial charge in [-0.2, -0.15) is 5.26 Å². The zero-order valence-electron chi connectivity index (χ0n) is 12.1. The zero-order chi connectivity index (χ0) is 14.7. The van der Waals surface area contributed by atoms with Crippen LogP contribution in [0, 0.1) is 11.3 Å². The smallest absolute Gasteiger partial charge is 0.107 e. The molecule has 110 valence electrons. The summed E-state index contributed by atoms with van der Waals surface area (Å²) in [6.45, 7) is 1.10. The molecule has 0 saturated carbocycles. The number of fused-ring (bicyclic) bond motifs is 1. The third-order valence-corrected chi connectivity index (χ3v) is 4.34. The molecule has 1 N–H and O–H groups in total. The van der Waals surface area contributed by atoms with E-state index >= 15 is 0 Å². The Bertz CT molecular complexity index is 662. The van der Waals surface area contributed by atoms with Crippen LogP contribution in [0.4, 0.5) is 4.39 Å². The number of nitrogens with one attached hydrogen (secondary N) is 1. The van der Waals surface area contributed by atoms with Gasteiger partial charge in [-0.1, -0.05) is 6.07 Å². The molecule has 3 rings (SSSR count). The molecule has 2 aromatic rings. The van der Waals surface area contributed by atoms with Gasteiger partial charge >= 0.3 is 0 Å². The van der Waals surface area contributed by atoms with Crippen LogP contribution >= 0.6 is 0 Å². The van der Waals surface area contributed by atoms with Gasteiger partial charge in [-0.05, 0) is 55.8 Å². The second-order valence-electron chi connectivity index (χ2n) is 5.69. The van der Waals surface area contributed by atoms with E-state index in [-0.39, 0.29) is 6.67 Å². The van der Waals surface area contributed by atoms with Gasteiger partial charge in [0.05, 0.1) is 18.2 Å². The number of rotatable bonds is 5. The predicted molar refractivity (Wildman–Crippen MR) is 82.0 cm³/mol. The lowest BCUT2D eigenvalue weighted by Gasteiger charge is -2.12. The van der Waals surface area contributed by atoms with E-state index in [0.717, 1.165) is 30.3 Å². The van der Waals surface area contributed by atoms with Crippen molar-refractivity contribution < 1.29 is 4.39 Å². The third kappa shape index (κ3) is 2.93. The number of nitrogens with zero attached hydrogens (tertiary/aromatic N) is 2. The zero-order valence-corrected chi connectivity index (χ0v) is 12.1. The molecule has 21 heavy (non-hydrogen) atoms. The van der Waals surface area contributed by atoms with Gasteiger partial charge in [0.1, 0.15) is 6.67 Å². The Hall–Kier alpha value is -1.86. The van der Waals surface area contributed by atoms with E-state index in [0.29, 0.717) is 18.2 Å². The van der Waals surface area contributed by atoms with Gasteiger partial charge in [0.15, 0.2) is 0 Å². The van der Waals surface area contributed by atoms with Crippen molar-refractivity contribution in [3.05, 3.63) is 35.5 Å². The number of aryl methyl sites for hydroxylation is 2. The molecule has 1 atom stereocenters. The lowest BCUT2D eigenvalue weighted by Crippen LogP contribution is -2.22. The summed E-state index contributed by atoms with van der Waals surface area (Å²) in [5.74, 6) is 0. The van der Waals surface area contributed by atoms with Gasteiger partial charge in [0.2, 0.25) is 0 Å². The molecule has 2 heterocycles. The molecular weight excluding hydrogens is 265 g/mol. The number of hydrogen-bond acceptors (Lipinski definition) is 2. The summed E-state index contributed by atoms with van der Waals surface area (Å²) in [4.78, 5) is 0. The molecule has 3 nitrogen and oxygen atoms in total. The highest BCUT2D eigenvalue weighted by Gasteiger charge is 2.16. The predicted octanol–water partition coefficient (Wildman–Crippen LogP) is 3.17. The number of nitriles is 1. The largest absolute Gasteiger partial charge is 0.342 e. The van der Waals surface area contributed by atoms with Crippen LogP contribution in [0.3, 0.4) is 0 Å². The number of aromatic nitrogens is 1. The van der Waals surface area contributed by atoms with Gasteiger partial charge in [-0.3, -0.25) is 0 Å². The summed E-state index contributed by atoms with van der Waals surface area (Å²) in [6, 6.07) is 10.5. The Labute approximate surface area is 124 Å². The van der Waals surface area contributed by atoms with Crippen LogP contribution in [0.25, 0.3) is 10.9 Å². The Morgan fingerprint density at radius 1 is 1.38 bits per heavy atom. The minimum atomic E-state index is -0.380. The summed E-state index contributed by atoms with van der Waals surface area (Å²) in [7, 11) is 0. The van der Waals surface area contributed by atoms with Crippen molar-refractivity contribution in [2.24, 2.45) is 0 Å². The number of hydrogen-bond donors (Lipinski definition) is 1. The van der Waals surface area contributed by atoms with Gasteiger partial charge < -0.3 is 9.88 Å². The molecule has 0 amide bonds.